The molecule has 1 aliphatic carbocycles. The van der Waals surface area contributed by atoms with Crippen LogP contribution in [0.1, 0.15) is 61.2 Å². The van der Waals surface area contributed by atoms with Crippen molar-refractivity contribution in [2.45, 2.75) is 64.8 Å². The van der Waals surface area contributed by atoms with E-state index in [0.29, 0.717) is 12.0 Å². The highest BCUT2D eigenvalue weighted by Crippen LogP contribution is 2.28. The first-order valence-electron chi connectivity index (χ1n) is 11.2. The van der Waals surface area contributed by atoms with E-state index in [2.05, 4.69) is 39.8 Å². The Labute approximate surface area is 201 Å². The molecule has 2 aliphatic rings. The molecule has 1 aliphatic heterocycles. The average molecular weight is 543 g/mol. The number of rotatable bonds is 6. The van der Waals surface area contributed by atoms with Crippen LogP contribution in [0.4, 0.5) is 0 Å². The van der Waals surface area contributed by atoms with Crippen LogP contribution < -0.4 is 5.32 Å². The number of halogens is 1. The van der Waals surface area contributed by atoms with E-state index < -0.39 is 0 Å². The number of hydrogen-bond acceptors (Lipinski definition) is 4. The van der Waals surface area contributed by atoms with Gasteiger partial charge in [-0.1, -0.05) is 6.92 Å². The minimum atomic E-state index is 0. The zero-order valence-corrected chi connectivity index (χ0v) is 21.4. The van der Waals surface area contributed by atoms with Crippen molar-refractivity contribution in [1.29, 1.82) is 0 Å². The molecule has 0 aromatic carbocycles. The van der Waals surface area contributed by atoms with E-state index >= 15 is 0 Å². The first-order valence-corrected chi connectivity index (χ1v) is 12.0. The van der Waals surface area contributed by atoms with Gasteiger partial charge in [0, 0.05) is 49.9 Å². The van der Waals surface area contributed by atoms with Crippen LogP contribution in [0.2, 0.25) is 0 Å². The minimum Gasteiger partial charge on any atom is -0.357 e. The Morgan fingerprint density at radius 2 is 2.20 bits per heavy atom. The molecule has 6 nitrogen and oxygen atoms in total. The van der Waals surface area contributed by atoms with Gasteiger partial charge in [0.2, 0.25) is 0 Å². The van der Waals surface area contributed by atoms with Gasteiger partial charge in [0.05, 0.1) is 23.1 Å². The number of piperidine rings is 1. The van der Waals surface area contributed by atoms with Crippen molar-refractivity contribution >= 4 is 41.3 Å². The van der Waals surface area contributed by atoms with E-state index in [4.69, 9.17) is 9.98 Å². The summed E-state index contributed by atoms with van der Waals surface area (Å²) in [5.41, 5.74) is 1.38. The van der Waals surface area contributed by atoms with Crippen LogP contribution in [-0.4, -0.2) is 51.6 Å². The number of guanidine groups is 1. The Bertz CT molecular complexity index is 779. The number of imidazole rings is 1. The number of hydrogen-bond donors (Lipinski definition) is 1. The molecule has 0 spiro atoms. The zero-order chi connectivity index (χ0) is 20.1. The maximum atomic E-state index is 4.96. The predicted molar refractivity (Wildman–Crippen MR) is 135 cm³/mol. The van der Waals surface area contributed by atoms with E-state index in [1.807, 2.05) is 23.9 Å². The van der Waals surface area contributed by atoms with Gasteiger partial charge in [-0.05, 0) is 51.4 Å². The molecule has 166 valence electrons. The van der Waals surface area contributed by atoms with Gasteiger partial charge in [0.15, 0.2) is 5.96 Å². The summed E-state index contributed by atoms with van der Waals surface area (Å²) < 4.78 is 2.25. The molecular formula is C22H35IN6S. The van der Waals surface area contributed by atoms with Crippen molar-refractivity contribution in [2.24, 2.45) is 10.9 Å². The molecule has 0 amide bonds. The molecule has 30 heavy (non-hydrogen) atoms. The first-order chi connectivity index (χ1) is 14.2. The Hall–Kier alpha value is -1.16. The van der Waals surface area contributed by atoms with Crippen LogP contribution >= 0.6 is 35.3 Å². The summed E-state index contributed by atoms with van der Waals surface area (Å²) in [4.78, 5) is 18.0. The molecule has 0 bridgehead atoms. The molecule has 0 radical (unpaired) electrons. The summed E-state index contributed by atoms with van der Waals surface area (Å²) in [6, 6.07) is 0.455. The fourth-order valence-electron chi connectivity index (χ4n) is 4.45. The number of aliphatic imine (C=N–C) groups is 1. The second-order valence-corrected chi connectivity index (χ2v) is 9.48. The van der Waals surface area contributed by atoms with Gasteiger partial charge in [-0.2, -0.15) is 0 Å². The van der Waals surface area contributed by atoms with E-state index in [9.17, 15) is 0 Å². The summed E-state index contributed by atoms with van der Waals surface area (Å²) in [7, 11) is 0. The topological polar surface area (TPSA) is 58.3 Å². The molecule has 2 aromatic rings. The summed E-state index contributed by atoms with van der Waals surface area (Å²) in [6.45, 7) is 8.31. The van der Waals surface area contributed by atoms with Crippen molar-refractivity contribution in [3.8, 4) is 0 Å². The number of nitrogens with zero attached hydrogens (tertiary/aromatic N) is 5. The number of likely N-dealkylation sites (tertiary alicyclic amines) is 1. The Morgan fingerprint density at radius 3 is 2.97 bits per heavy atom. The lowest BCUT2D eigenvalue weighted by molar-refractivity contribution is 0.189. The highest BCUT2D eigenvalue weighted by atomic mass is 127. The smallest absolute Gasteiger partial charge is 0.193 e. The molecule has 1 saturated heterocycles. The Kier molecular flexibility index (Phi) is 8.98. The Morgan fingerprint density at radius 1 is 1.33 bits per heavy atom. The lowest BCUT2D eigenvalue weighted by Crippen LogP contribution is -2.49. The normalized spacial score (nSPS) is 21.8. The predicted octanol–water partition coefficient (Wildman–Crippen LogP) is 4.32. The second-order valence-electron chi connectivity index (χ2n) is 8.31. The van der Waals surface area contributed by atoms with Gasteiger partial charge in [-0.25, -0.2) is 9.97 Å². The lowest BCUT2D eigenvalue weighted by atomic mass is 9.93. The molecular weight excluding hydrogens is 507 g/mol. The van der Waals surface area contributed by atoms with E-state index in [0.717, 1.165) is 45.0 Å². The van der Waals surface area contributed by atoms with Crippen LogP contribution in [0.15, 0.2) is 23.7 Å². The van der Waals surface area contributed by atoms with Gasteiger partial charge in [-0.3, -0.25) is 4.99 Å². The number of aromatic nitrogens is 3. The molecule has 4 rings (SSSR count). The van der Waals surface area contributed by atoms with Gasteiger partial charge >= 0.3 is 0 Å². The summed E-state index contributed by atoms with van der Waals surface area (Å²) >= 11 is 1.94. The van der Waals surface area contributed by atoms with Crippen LogP contribution in [0.3, 0.4) is 0 Å². The third kappa shape index (κ3) is 5.75. The SMILES string of the molecule is CCNC(=NCCCc1nc2c(s1)CCCC2)N1CCC(C)C(n2ccnc2)C1.I. The number of aryl methyl sites for hydroxylation is 3. The maximum absolute atomic E-state index is 4.96. The van der Waals surface area contributed by atoms with Crippen LogP contribution in [-0.2, 0) is 19.3 Å². The fourth-order valence-corrected chi connectivity index (χ4v) is 5.65. The maximum Gasteiger partial charge on any atom is 0.193 e. The first kappa shape index (κ1) is 23.5. The van der Waals surface area contributed by atoms with Crippen molar-refractivity contribution in [2.75, 3.05) is 26.2 Å². The van der Waals surface area contributed by atoms with Crippen molar-refractivity contribution in [1.82, 2.24) is 24.8 Å². The van der Waals surface area contributed by atoms with Crippen LogP contribution in [0.25, 0.3) is 0 Å². The third-order valence-corrected chi connectivity index (χ3v) is 7.38. The second kappa shape index (κ2) is 11.5. The highest BCUT2D eigenvalue weighted by Gasteiger charge is 2.28. The zero-order valence-electron chi connectivity index (χ0n) is 18.2. The van der Waals surface area contributed by atoms with E-state index in [-0.39, 0.29) is 24.0 Å². The van der Waals surface area contributed by atoms with E-state index in [1.54, 1.807) is 0 Å². The van der Waals surface area contributed by atoms with Gasteiger partial charge < -0.3 is 14.8 Å². The molecule has 1 fully saturated rings. The summed E-state index contributed by atoms with van der Waals surface area (Å²) in [6.07, 6.45) is 14.3. The summed E-state index contributed by atoms with van der Waals surface area (Å²) in [5, 5.41) is 4.82. The molecule has 8 heteroatoms. The quantitative estimate of drug-likeness (QED) is 0.256. The minimum absolute atomic E-state index is 0. The molecule has 2 atom stereocenters. The molecule has 0 saturated carbocycles. The molecule has 2 aromatic heterocycles. The summed E-state index contributed by atoms with van der Waals surface area (Å²) in [5.74, 6) is 1.71. The van der Waals surface area contributed by atoms with Crippen LogP contribution in [0, 0.1) is 5.92 Å². The number of fused-ring (bicyclic) bond motifs is 1. The number of nitrogens with one attached hydrogen (secondary N) is 1. The fraction of sp³-hybridized carbons (Fsp3) is 0.682. The van der Waals surface area contributed by atoms with E-state index in [1.165, 1.54) is 47.7 Å². The van der Waals surface area contributed by atoms with Crippen molar-refractivity contribution < 1.29 is 0 Å². The van der Waals surface area contributed by atoms with Crippen molar-refractivity contribution in [3.63, 3.8) is 0 Å². The monoisotopic (exact) mass is 542 g/mol. The van der Waals surface area contributed by atoms with Crippen molar-refractivity contribution in [3.05, 3.63) is 34.3 Å². The van der Waals surface area contributed by atoms with Gasteiger partial charge in [0.1, 0.15) is 0 Å². The Balaban J connectivity index is 0.00000256. The molecule has 2 unspecified atom stereocenters. The molecule has 1 N–H and O–H groups in total. The third-order valence-electron chi connectivity index (χ3n) is 6.16. The van der Waals surface area contributed by atoms with Gasteiger partial charge in [0.25, 0.3) is 0 Å². The standard InChI is InChI=1S/C22H34N6S.HI/c1-3-24-22(27-13-10-17(2)19(15-27)28-14-12-23-16-28)25-11-6-9-21-26-18-7-4-5-8-20(18)29-21;/h12,14,16-17,19H,3-11,13,15H2,1-2H3,(H,24,25);1H. The van der Waals surface area contributed by atoms with Gasteiger partial charge in [-0.15, -0.1) is 35.3 Å². The average Bonchev–Trinajstić information content (AvgIpc) is 3.40. The largest absolute Gasteiger partial charge is 0.357 e. The lowest BCUT2D eigenvalue weighted by Gasteiger charge is -2.39. The highest BCUT2D eigenvalue weighted by molar-refractivity contribution is 14.0. The van der Waals surface area contributed by atoms with Crippen LogP contribution in [0.5, 0.6) is 0 Å². The molecule has 3 heterocycles. The number of thiazole rings is 1.